The highest BCUT2D eigenvalue weighted by molar-refractivity contribution is 5.73. The molecule has 5 heteroatoms. The van der Waals surface area contributed by atoms with Crippen LogP contribution in [-0.4, -0.2) is 19.9 Å². The smallest absolute Gasteiger partial charge is 0.180 e. The molecule has 0 saturated carbocycles. The molecule has 0 atom stereocenters. The Morgan fingerprint density at radius 3 is 2.77 bits per heavy atom. The molecule has 0 unspecified atom stereocenters. The molecule has 0 fully saturated rings. The van der Waals surface area contributed by atoms with Gasteiger partial charge in [-0.3, -0.25) is 0 Å². The van der Waals surface area contributed by atoms with Crippen molar-refractivity contribution >= 4 is 11.2 Å². The first-order valence-electron chi connectivity index (χ1n) is 4.02. The highest BCUT2D eigenvalue weighted by Crippen LogP contribution is 2.19. The zero-order valence-corrected chi connectivity index (χ0v) is 7.57. The van der Waals surface area contributed by atoms with Gasteiger partial charge in [-0.1, -0.05) is 0 Å². The van der Waals surface area contributed by atoms with Crippen LogP contribution in [0.15, 0.2) is 12.7 Å². The van der Waals surface area contributed by atoms with E-state index in [1.165, 1.54) is 6.33 Å². The number of rotatable bonds is 1. The average molecular weight is 177 g/mol. The first-order valence-corrected chi connectivity index (χ1v) is 4.02. The number of nitrogens with zero attached hydrogens (tertiary/aromatic N) is 3. The minimum Gasteiger partial charge on any atom is -0.342 e. The van der Waals surface area contributed by atoms with Crippen LogP contribution in [0.25, 0.3) is 11.2 Å². The molecule has 0 saturated heterocycles. The van der Waals surface area contributed by atoms with Crippen molar-refractivity contribution in [3.63, 3.8) is 0 Å². The number of nitrogens with two attached hydrogens (primary N) is 1. The molecule has 3 N–H and O–H groups in total. The van der Waals surface area contributed by atoms with Gasteiger partial charge >= 0.3 is 0 Å². The minimum absolute atomic E-state index is 0.478. The zero-order chi connectivity index (χ0) is 9.47. The Hall–Kier alpha value is -1.49. The fourth-order valence-corrected chi connectivity index (χ4v) is 1.25. The summed E-state index contributed by atoms with van der Waals surface area (Å²) < 4.78 is 0. The first kappa shape index (κ1) is 8.12. The summed E-state index contributed by atoms with van der Waals surface area (Å²) in [5.74, 6) is 0. The van der Waals surface area contributed by atoms with Gasteiger partial charge < -0.3 is 10.7 Å². The molecule has 0 aliphatic heterocycles. The normalized spacial score (nSPS) is 12.2. The van der Waals surface area contributed by atoms with Crippen LogP contribution in [0.2, 0.25) is 0 Å². The van der Waals surface area contributed by atoms with Crippen molar-refractivity contribution in [3.05, 3.63) is 18.3 Å². The Labute approximate surface area is 75.4 Å². The van der Waals surface area contributed by atoms with Crippen LogP contribution in [0.1, 0.15) is 19.5 Å². The SMILES string of the molecule is CC(C)(N)c1ncnc2nc[nH]c12. The maximum absolute atomic E-state index is 5.94. The van der Waals surface area contributed by atoms with Gasteiger partial charge in [0.25, 0.3) is 0 Å². The highest BCUT2D eigenvalue weighted by Gasteiger charge is 2.20. The molecule has 0 amide bonds. The lowest BCUT2D eigenvalue weighted by Crippen LogP contribution is -2.30. The summed E-state index contributed by atoms with van der Waals surface area (Å²) in [7, 11) is 0. The average Bonchev–Trinajstić information content (AvgIpc) is 2.48. The van der Waals surface area contributed by atoms with Gasteiger partial charge in [-0.15, -0.1) is 0 Å². The monoisotopic (exact) mass is 177 g/mol. The number of aromatic amines is 1. The summed E-state index contributed by atoms with van der Waals surface area (Å²) in [4.78, 5) is 15.2. The topological polar surface area (TPSA) is 80.5 Å². The first-order chi connectivity index (χ1) is 6.09. The van der Waals surface area contributed by atoms with Crippen LogP contribution >= 0.6 is 0 Å². The second-order valence-corrected chi connectivity index (χ2v) is 3.55. The Bertz CT molecular complexity index is 425. The predicted molar refractivity (Wildman–Crippen MR) is 48.9 cm³/mol. The van der Waals surface area contributed by atoms with Gasteiger partial charge in [0, 0.05) is 0 Å². The molecule has 2 heterocycles. The molecule has 5 nitrogen and oxygen atoms in total. The van der Waals surface area contributed by atoms with E-state index in [1.54, 1.807) is 6.33 Å². The maximum Gasteiger partial charge on any atom is 0.180 e. The molecule has 13 heavy (non-hydrogen) atoms. The summed E-state index contributed by atoms with van der Waals surface area (Å²) in [6.07, 6.45) is 3.07. The molecule has 68 valence electrons. The lowest BCUT2D eigenvalue weighted by atomic mass is 10.0. The number of nitrogens with one attached hydrogen (secondary N) is 1. The fourth-order valence-electron chi connectivity index (χ4n) is 1.25. The molecule has 0 aromatic carbocycles. The second-order valence-electron chi connectivity index (χ2n) is 3.55. The van der Waals surface area contributed by atoms with Crippen LogP contribution in [0.4, 0.5) is 0 Å². The molecule has 0 bridgehead atoms. The van der Waals surface area contributed by atoms with E-state index >= 15 is 0 Å². The van der Waals surface area contributed by atoms with Crippen molar-refractivity contribution in [1.82, 2.24) is 19.9 Å². The third-order valence-corrected chi connectivity index (χ3v) is 1.83. The highest BCUT2D eigenvalue weighted by atomic mass is 15.0. The van der Waals surface area contributed by atoms with E-state index in [2.05, 4.69) is 19.9 Å². The van der Waals surface area contributed by atoms with Crippen molar-refractivity contribution in [2.45, 2.75) is 19.4 Å². The number of hydrogen-bond donors (Lipinski definition) is 2. The molecule has 0 aliphatic rings. The number of aromatic nitrogens is 4. The largest absolute Gasteiger partial charge is 0.342 e. The Balaban J connectivity index is 2.75. The van der Waals surface area contributed by atoms with E-state index in [9.17, 15) is 0 Å². The molecular formula is C8H11N5. The van der Waals surface area contributed by atoms with E-state index in [0.29, 0.717) is 5.65 Å². The van der Waals surface area contributed by atoms with Crippen molar-refractivity contribution in [1.29, 1.82) is 0 Å². The maximum atomic E-state index is 5.94. The van der Waals surface area contributed by atoms with Crippen molar-refractivity contribution in [2.24, 2.45) is 5.73 Å². The zero-order valence-electron chi connectivity index (χ0n) is 7.57. The molecule has 0 aliphatic carbocycles. The van der Waals surface area contributed by atoms with Gasteiger partial charge in [0.1, 0.15) is 11.8 Å². The van der Waals surface area contributed by atoms with Crippen LogP contribution < -0.4 is 5.73 Å². The summed E-state index contributed by atoms with van der Waals surface area (Å²) in [6, 6.07) is 0. The quantitative estimate of drug-likeness (QED) is 0.666. The number of hydrogen-bond acceptors (Lipinski definition) is 4. The third-order valence-electron chi connectivity index (χ3n) is 1.83. The van der Waals surface area contributed by atoms with E-state index in [-0.39, 0.29) is 0 Å². The van der Waals surface area contributed by atoms with Gasteiger partial charge in [-0.25, -0.2) is 15.0 Å². The molecule has 0 spiro atoms. The van der Waals surface area contributed by atoms with Gasteiger partial charge in [0.2, 0.25) is 0 Å². The summed E-state index contributed by atoms with van der Waals surface area (Å²) in [5, 5.41) is 0. The standard InChI is InChI=1S/C8H11N5/c1-8(2,9)6-5-7(12-3-10-5)13-4-11-6/h3-4H,9H2,1-2H3,(H,10,11,12,13). The summed E-state index contributed by atoms with van der Waals surface area (Å²) >= 11 is 0. The van der Waals surface area contributed by atoms with Crippen LogP contribution in [0.5, 0.6) is 0 Å². The molecule has 2 aromatic rings. The van der Waals surface area contributed by atoms with E-state index < -0.39 is 5.54 Å². The van der Waals surface area contributed by atoms with Gasteiger partial charge in [-0.05, 0) is 13.8 Å². The Kier molecular flexibility index (Phi) is 1.56. The van der Waals surface area contributed by atoms with Crippen molar-refractivity contribution < 1.29 is 0 Å². The molecule has 0 radical (unpaired) electrons. The Morgan fingerprint density at radius 2 is 2.08 bits per heavy atom. The third kappa shape index (κ3) is 1.27. The second kappa shape index (κ2) is 2.50. The van der Waals surface area contributed by atoms with Crippen LogP contribution in [0.3, 0.4) is 0 Å². The van der Waals surface area contributed by atoms with Crippen molar-refractivity contribution in [2.75, 3.05) is 0 Å². The van der Waals surface area contributed by atoms with Gasteiger partial charge in [0.15, 0.2) is 5.65 Å². The summed E-state index contributed by atoms with van der Waals surface area (Å²) in [6.45, 7) is 3.80. The van der Waals surface area contributed by atoms with E-state index in [0.717, 1.165) is 11.2 Å². The van der Waals surface area contributed by atoms with E-state index in [1.807, 2.05) is 13.8 Å². The fraction of sp³-hybridized carbons (Fsp3) is 0.375. The number of H-pyrrole nitrogens is 1. The number of imidazole rings is 1. The number of fused-ring (bicyclic) bond motifs is 1. The van der Waals surface area contributed by atoms with Gasteiger partial charge in [0.05, 0.1) is 17.6 Å². The lowest BCUT2D eigenvalue weighted by molar-refractivity contribution is 0.539. The predicted octanol–water partition coefficient (Wildman–Crippen LogP) is 0.547. The minimum atomic E-state index is -0.478. The van der Waals surface area contributed by atoms with E-state index in [4.69, 9.17) is 5.73 Å². The van der Waals surface area contributed by atoms with Crippen LogP contribution in [-0.2, 0) is 5.54 Å². The van der Waals surface area contributed by atoms with Crippen LogP contribution in [0, 0.1) is 0 Å². The van der Waals surface area contributed by atoms with Crippen molar-refractivity contribution in [3.8, 4) is 0 Å². The Morgan fingerprint density at radius 1 is 1.31 bits per heavy atom. The summed E-state index contributed by atoms with van der Waals surface area (Å²) in [5.41, 5.74) is 7.72. The van der Waals surface area contributed by atoms with Gasteiger partial charge in [-0.2, -0.15) is 0 Å². The molecule has 2 aromatic heterocycles. The molecule has 2 rings (SSSR count). The lowest BCUT2D eigenvalue weighted by Gasteiger charge is -2.17. The molecular weight excluding hydrogens is 166 g/mol.